The Labute approximate surface area is 122 Å². The zero-order chi connectivity index (χ0) is 15.4. The summed E-state index contributed by atoms with van der Waals surface area (Å²) in [6.45, 7) is 5.18. The Balaban J connectivity index is 2.40. The van der Waals surface area contributed by atoms with Gasteiger partial charge < -0.3 is 10.4 Å². The van der Waals surface area contributed by atoms with Gasteiger partial charge in [-0.25, -0.2) is 4.39 Å². The highest BCUT2D eigenvalue weighted by Crippen LogP contribution is 2.36. The Morgan fingerprint density at radius 1 is 1.48 bits per heavy atom. The first-order valence-electron chi connectivity index (χ1n) is 7.16. The topological polar surface area (TPSA) is 78.6 Å². The Morgan fingerprint density at radius 3 is 2.71 bits per heavy atom. The number of phenolic OH excluding ortho intramolecular Hbond substituents is 1. The average Bonchev–Trinajstić information content (AvgIpc) is 2.48. The van der Waals surface area contributed by atoms with Gasteiger partial charge in [-0.3, -0.25) is 15.0 Å². The van der Waals surface area contributed by atoms with E-state index in [0.717, 1.165) is 38.7 Å². The van der Waals surface area contributed by atoms with Crippen molar-refractivity contribution in [2.75, 3.05) is 26.2 Å². The Kier molecular flexibility index (Phi) is 5.08. The maximum Gasteiger partial charge on any atom is 0.272 e. The number of nitrogens with zero attached hydrogens (tertiary/aromatic N) is 2. The molecule has 1 aliphatic rings. The molecule has 1 aromatic rings. The van der Waals surface area contributed by atoms with E-state index in [1.165, 1.54) is 6.07 Å². The monoisotopic (exact) mass is 297 g/mol. The zero-order valence-corrected chi connectivity index (χ0v) is 12.0. The molecular formula is C14H20FN3O3. The number of halogens is 1. The minimum absolute atomic E-state index is 0.202. The molecule has 1 saturated heterocycles. The first-order valence-corrected chi connectivity index (χ1v) is 7.16. The van der Waals surface area contributed by atoms with E-state index in [-0.39, 0.29) is 11.7 Å². The van der Waals surface area contributed by atoms with Crippen LogP contribution in [0, 0.1) is 15.9 Å². The van der Waals surface area contributed by atoms with E-state index in [1.807, 2.05) is 6.92 Å². The first-order chi connectivity index (χ1) is 10.0. The number of nitrogens with one attached hydrogen (secondary N) is 1. The van der Waals surface area contributed by atoms with E-state index in [0.29, 0.717) is 12.0 Å². The zero-order valence-electron chi connectivity index (χ0n) is 12.0. The van der Waals surface area contributed by atoms with Gasteiger partial charge in [0, 0.05) is 43.9 Å². The smallest absolute Gasteiger partial charge is 0.272 e. The highest BCUT2D eigenvalue weighted by molar-refractivity contribution is 5.46. The predicted molar refractivity (Wildman–Crippen MR) is 76.8 cm³/mol. The number of phenols is 1. The quantitative estimate of drug-likeness (QED) is 0.643. The summed E-state index contributed by atoms with van der Waals surface area (Å²) < 4.78 is 13.8. The van der Waals surface area contributed by atoms with Crippen LogP contribution in [0.4, 0.5) is 10.1 Å². The molecule has 1 aromatic carbocycles. The van der Waals surface area contributed by atoms with Crippen molar-refractivity contribution >= 4 is 5.69 Å². The van der Waals surface area contributed by atoms with Gasteiger partial charge in [-0.2, -0.15) is 0 Å². The molecule has 6 nitrogen and oxygen atoms in total. The molecule has 1 heterocycles. The lowest BCUT2D eigenvalue weighted by atomic mass is 9.98. The van der Waals surface area contributed by atoms with E-state index in [4.69, 9.17) is 0 Å². The summed E-state index contributed by atoms with van der Waals surface area (Å²) in [4.78, 5) is 12.4. The molecule has 1 atom stereocenters. The predicted octanol–water partition coefficient (Wildman–Crippen LogP) is 2.19. The first kappa shape index (κ1) is 15.7. The minimum atomic E-state index is -0.935. The SMILES string of the molecule is CCC[C@@H](c1cc([N+](=O)[O-])cc(F)c1O)N1CCNCC1. The molecule has 116 valence electrons. The summed E-state index contributed by atoms with van der Waals surface area (Å²) in [6.07, 6.45) is 1.56. The van der Waals surface area contributed by atoms with E-state index in [9.17, 15) is 19.6 Å². The summed E-state index contributed by atoms with van der Waals surface area (Å²) in [5, 5.41) is 24.1. The van der Waals surface area contributed by atoms with Gasteiger partial charge in [0.1, 0.15) is 0 Å². The van der Waals surface area contributed by atoms with Crippen LogP contribution in [0.5, 0.6) is 5.75 Å². The molecule has 7 heteroatoms. The fourth-order valence-electron chi connectivity index (χ4n) is 2.77. The fraction of sp³-hybridized carbons (Fsp3) is 0.571. The number of non-ortho nitro benzene ring substituents is 1. The number of rotatable bonds is 5. The van der Waals surface area contributed by atoms with E-state index in [1.54, 1.807) is 0 Å². The second-order valence-electron chi connectivity index (χ2n) is 5.21. The van der Waals surface area contributed by atoms with Crippen LogP contribution in [0.15, 0.2) is 12.1 Å². The van der Waals surface area contributed by atoms with Gasteiger partial charge in [0.05, 0.1) is 11.0 Å². The summed E-state index contributed by atoms with van der Waals surface area (Å²) in [6, 6.07) is 1.85. The van der Waals surface area contributed by atoms with Gasteiger partial charge in [-0.1, -0.05) is 13.3 Å². The van der Waals surface area contributed by atoms with Gasteiger partial charge >= 0.3 is 0 Å². The number of aromatic hydroxyl groups is 1. The van der Waals surface area contributed by atoms with Crippen LogP contribution >= 0.6 is 0 Å². The number of hydrogen-bond acceptors (Lipinski definition) is 5. The molecule has 0 bridgehead atoms. The van der Waals surface area contributed by atoms with Gasteiger partial charge in [0.2, 0.25) is 0 Å². The van der Waals surface area contributed by atoms with Crippen molar-refractivity contribution in [3.63, 3.8) is 0 Å². The van der Waals surface area contributed by atoms with Crippen molar-refractivity contribution < 1.29 is 14.4 Å². The van der Waals surface area contributed by atoms with E-state index < -0.39 is 16.5 Å². The molecule has 21 heavy (non-hydrogen) atoms. The molecule has 0 unspecified atom stereocenters. The van der Waals surface area contributed by atoms with Crippen LogP contribution < -0.4 is 5.32 Å². The number of nitro benzene ring substituents is 1. The molecule has 1 fully saturated rings. The Bertz CT molecular complexity index is 518. The van der Waals surface area contributed by atoms with Crippen LogP contribution in [0.1, 0.15) is 31.4 Å². The number of nitro groups is 1. The Morgan fingerprint density at radius 2 is 2.14 bits per heavy atom. The average molecular weight is 297 g/mol. The summed E-state index contributed by atoms with van der Waals surface area (Å²) in [7, 11) is 0. The van der Waals surface area contributed by atoms with Crippen LogP contribution in [-0.2, 0) is 0 Å². The molecule has 0 aromatic heterocycles. The lowest BCUT2D eigenvalue weighted by Crippen LogP contribution is -2.45. The molecule has 0 amide bonds. The molecular weight excluding hydrogens is 277 g/mol. The van der Waals surface area contributed by atoms with Crippen molar-refractivity contribution in [1.29, 1.82) is 0 Å². The number of benzene rings is 1. The number of hydrogen-bond donors (Lipinski definition) is 2. The molecule has 0 aliphatic carbocycles. The van der Waals surface area contributed by atoms with Crippen LogP contribution in [0.25, 0.3) is 0 Å². The van der Waals surface area contributed by atoms with Crippen LogP contribution in [0.2, 0.25) is 0 Å². The summed E-state index contributed by atoms with van der Waals surface area (Å²) >= 11 is 0. The van der Waals surface area contributed by atoms with Crippen LogP contribution in [-0.4, -0.2) is 41.1 Å². The maximum absolute atomic E-state index is 13.8. The molecule has 0 radical (unpaired) electrons. The van der Waals surface area contributed by atoms with Gasteiger partial charge in [-0.15, -0.1) is 0 Å². The van der Waals surface area contributed by atoms with Gasteiger partial charge in [0.25, 0.3) is 5.69 Å². The second kappa shape index (κ2) is 6.82. The standard InChI is InChI=1S/C14H20FN3O3/c1-2-3-13(17-6-4-16-5-7-17)11-8-10(18(20)21)9-12(15)14(11)19/h8-9,13,16,19H,2-7H2,1H3/t13-/m0/s1. The van der Waals surface area contributed by atoms with Crippen molar-refractivity contribution in [2.45, 2.75) is 25.8 Å². The third kappa shape index (κ3) is 3.48. The van der Waals surface area contributed by atoms with Crippen molar-refractivity contribution in [2.24, 2.45) is 0 Å². The largest absolute Gasteiger partial charge is 0.505 e. The molecule has 2 rings (SSSR count). The third-order valence-electron chi connectivity index (χ3n) is 3.80. The highest BCUT2D eigenvalue weighted by Gasteiger charge is 2.27. The molecule has 0 saturated carbocycles. The van der Waals surface area contributed by atoms with Gasteiger partial charge in [0.15, 0.2) is 11.6 Å². The molecule has 1 aliphatic heterocycles. The molecule has 0 spiro atoms. The van der Waals surface area contributed by atoms with E-state index >= 15 is 0 Å². The number of piperazine rings is 1. The fourth-order valence-corrected chi connectivity index (χ4v) is 2.77. The highest BCUT2D eigenvalue weighted by atomic mass is 19.1. The normalized spacial score (nSPS) is 17.6. The van der Waals surface area contributed by atoms with Crippen molar-refractivity contribution in [1.82, 2.24) is 10.2 Å². The lowest BCUT2D eigenvalue weighted by Gasteiger charge is -2.35. The summed E-state index contributed by atoms with van der Waals surface area (Å²) in [5.41, 5.74) is -0.0120. The second-order valence-corrected chi connectivity index (χ2v) is 5.21. The van der Waals surface area contributed by atoms with Crippen molar-refractivity contribution in [3.8, 4) is 5.75 Å². The maximum atomic E-state index is 13.8. The van der Waals surface area contributed by atoms with Crippen molar-refractivity contribution in [3.05, 3.63) is 33.6 Å². The van der Waals surface area contributed by atoms with Gasteiger partial charge in [-0.05, 0) is 6.42 Å². The van der Waals surface area contributed by atoms with Crippen LogP contribution in [0.3, 0.4) is 0 Å². The minimum Gasteiger partial charge on any atom is -0.505 e. The third-order valence-corrected chi connectivity index (χ3v) is 3.80. The lowest BCUT2D eigenvalue weighted by molar-refractivity contribution is -0.385. The Hall–Kier alpha value is -1.73. The molecule has 2 N–H and O–H groups in total. The van der Waals surface area contributed by atoms with E-state index in [2.05, 4.69) is 10.2 Å². The summed E-state index contributed by atoms with van der Waals surface area (Å²) in [5.74, 6) is -1.41.